The first-order chi connectivity index (χ1) is 6.57. The van der Waals surface area contributed by atoms with Crippen LogP contribution in [0.15, 0.2) is 10.7 Å². The Morgan fingerprint density at radius 1 is 1.57 bits per heavy atom. The minimum atomic E-state index is -2.83. The summed E-state index contributed by atoms with van der Waals surface area (Å²) in [5.41, 5.74) is -0.851. The van der Waals surface area contributed by atoms with Crippen LogP contribution in [-0.2, 0) is 6.42 Å². The average Bonchev–Trinajstić information content (AvgIpc) is 2.11. The quantitative estimate of drug-likeness (QED) is 0.771. The summed E-state index contributed by atoms with van der Waals surface area (Å²) in [6, 6.07) is 1.61. The second-order valence-corrected chi connectivity index (χ2v) is 3.28. The maximum absolute atomic E-state index is 13.0. The van der Waals surface area contributed by atoms with Gasteiger partial charge in [0.05, 0.1) is 12.5 Å². The molecule has 1 rings (SSSR count). The van der Waals surface area contributed by atoms with Gasteiger partial charge in [0.1, 0.15) is 0 Å². The Labute approximate surface area is 86.5 Å². The molecule has 0 aliphatic carbocycles. The van der Waals surface area contributed by atoms with E-state index in [4.69, 9.17) is 5.26 Å². The van der Waals surface area contributed by atoms with E-state index in [0.29, 0.717) is 0 Å². The Morgan fingerprint density at radius 3 is 2.71 bits per heavy atom. The van der Waals surface area contributed by atoms with E-state index in [2.05, 4.69) is 20.9 Å². The molecule has 0 saturated heterocycles. The highest BCUT2D eigenvalue weighted by Gasteiger charge is 2.20. The first-order valence-corrected chi connectivity index (χ1v) is 4.35. The van der Waals surface area contributed by atoms with E-state index in [9.17, 15) is 13.2 Å². The standard InChI is InChI=1S/C8H4BrF3N2/c9-5-3-14-8(12)4(1-2-13)6(5)7(10)11/h3,7H,1H2. The van der Waals surface area contributed by atoms with Gasteiger partial charge in [0.2, 0.25) is 5.95 Å². The Morgan fingerprint density at radius 2 is 2.21 bits per heavy atom. The number of nitriles is 1. The lowest BCUT2D eigenvalue weighted by Crippen LogP contribution is -2.01. The van der Waals surface area contributed by atoms with E-state index < -0.39 is 24.4 Å². The minimum absolute atomic E-state index is 0.0131. The molecular formula is C8H4BrF3N2. The van der Waals surface area contributed by atoms with Crippen LogP contribution in [0.4, 0.5) is 13.2 Å². The zero-order valence-electron chi connectivity index (χ0n) is 6.77. The van der Waals surface area contributed by atoms with E-state index in [-0.39, 0.29) is 10.0 Å². The first kappa shape index (κ1) is 11.0. The summed E-state index contributed by atoms with van der Waals surface area (Å²) >= 11 is 2.83. The molecule has 1 heterocycles. The van der Waals surface area contributed by atoms with Gasteiger partial charge >= 0.3 is 0 Å². The Bertz CT molecular complexity index is 387. The summed E-state index contributed by atoms with van der Waals surface area (Å²) < 4.78 is 37.9. The van der Waals surface area contributed by atoms with Crippen molar-refractivity contribution in [2.45, 2.75) is 12.8 Å². The second kappa shape index (κ2) is 4.42. The number of hydrogen-bond donors (Lipinski definition) is 0. The Balaban J connectivity index is 3.35. The molecule has 0 aliphatic rings. The van der Waals surface area contributed by atoms with Crippen LogP contribution in [0.25, 0.3) is 0 Å². The minimum Gasteiger partial charge on any atom is -0.227 e. The molecule has 0 saturated carbocycles. The van der Waals surface area contributed by atoms with Gasteiger partial charge in [0.15, 0.2) is 0 Å². The summed E-state index contributed by atoms with van der Waals surface area (Å²) in [5.74, 6) is -1.02. The summed E-state index contributed by atoms with van der Waals surface area (Å²) in [6.45, 7) is 0. The third kappa shape index (κ3) is 2.04. The van der Waals surface area contributed by atoms with Gasteiger partial charge in [-0.3, -0.25) is 0 Å². The molecule has 0 N–H and O–H groups in total. The van der Waals surface area contributed by atoms with Gasteiger partial charge < -0.3 is 0 Å². The molecule has 74 valence electrons. The maximum Gasteiger partial charge on any atom is 0.265 e. The fraction of sp³-hybridized carbons (Fsp3) is 0.250. The monoisotopic (exact) mass is 264 g/mol. The Hall–Kier alpha value is -1.09. The van der Waals surface area contributed by atoms with Gasteiger partial charge in [-0.15, -0.1) is 0 Å². The van der Waals surface area contributed by atoms with Crippen LogP contribution in [0.3, 0.4) is 0 Å². The number of rotatable bonds is 2. The largest absolute Gasteiger partial charge is 0.265 e. The van der Waals surface area contributed by atoms with Crippen LogP contribution >= 0.6 is 15.9 Å². The molecule has 0 bridgehead atoms. The van der Waals surface area contributed by atoms with Gasteiger partial charge in [-0.05, 0) is 15.9 Å². The Kier molecular flexibility index (Phi) is 3.47. The molecule has 6 heteroatoms. The topological polar surface area (TPSA) is 36.7 Å². The van der Waals surface area contributed by atoms with Crippen LogP contribution in [0, 0.1) is 17.3 Å². The molecular weight excluding hydrogens is 261 g/mol. The van der Waals surface area contributed by atoms with Gasteiger partial charge in [0, 0.05) is 21.8 Å². The van der Waals surface area contributed by atoms with Gasteiger partial charge in [-0.1, -0.05) is 0 Å². The molecule has 0 aromatic carbocycles. The first-order valence-electron chi connectivity index (χ1n) is 3.55. The van der Waals surface area contributed by atoms with Crippen LogP contribution in [0.5, 0.6) is 0 Å². The molecule has 14 heavy (non-hydrogen) atoms. The molecule has 0 amide bonds. The van der Waals surface area contributed by atoms with Crippen molar-refractivity contribution in [2.75, 3.05) is 0 Å². The third-order valence-corrected chi connectivity index (χ3v) is 2.23. The highest BCUT2D eigenvalue weighted by atomic mass is 79.9. The lowest BCUT2D eigenvalue weighted by atomic mass is 10.1. The molecule has 1 aromatic heterocycles. The van der Waals surface area contributed by atoms with Crippen LogP contribution in [0.2, 0.25) is 0 Å². The van der Waals surface area contributed by atoms with Crippen molar-refractivity contribution in [2.24, 2.45) is 0 Å². The fourth-order valence-electron chi connectivity index (χ4n) is 0.999. The summed E-state index contributed by atoms with van der Waals surface area (Å²) in [6.07, 6.45) is -2.29. The smallest absolute Gasteiger partial charge is 0.227 e. The summed E-state index contributed by atoms with van der Waals surface area (Å²) in [4.78, 5) is 3.24. The molecule has 1 aromatic rings. The zero-order valence-corrected chi connectivity index (χ0v) is 8.35. The normalized spacial score (nSPS) is 10.3. The molecule has 0 aliphatic heterocycles. The highest BCUT2D eigenvalue weighted by molar-refractivity contribution is 9.10. The molecule has 0 fully saturated rings. The van der Waals surface area contributed by atoms with Gasteiger partial charge in [-0.2, -0.15) is 9.65 Å². The van der Waals surface area contributed by atoms with E-state index in [1.54, 1.807) is 6.07 Å². The number of pyridine rings is 1. The molecule has 0 spiro atoms. The molecule has 0 unspecified atom stereocenters. The van der Waals surface area contributed by atoms with E-state index >= 15 is 0 Å². The molecule has 2 nitrogen and oxygen atoms in total. The van der Waals surface area contributed by atoms with Crippen molar-refractivity contribution < 1.29 is 13.2 Å². The highest BCUT2D eigenvalue weighted by Crippen LogP contribution is 2.31. The van der Waals surface area contributed by atoms with Crippen molar-refractivity contribution >= 4 is 15.9 Å². The predicted octanol–water partition coefficient (Wildman–Crippen LogP) is 2.99. The molecule has 0 radical (unpaired) electrons. The van der Waals surface area contributed by atoms with E-state index in [1.165, 1.54) is 0 Å². The average molecular weight is 265 g/mol. The van der Waals surface area contributed by atoms with Crippen LogP contribution < -0.4 is 0 Å². The van der Waals surface area contributed by atoms with Crippen molar-refractivity contribution in [3.8, 4) is 6.07 Å². The van der Waals surface area contributed by atoms with Crippen LogP contribution in [-0.4, -0.2) is 4.98 Å². The van der Waals surface area contributed by atoms with E-state index in [1.807, 2.05) is 0 Å². The zero-order chi connectivity index (χ0) is 10.7. The van der Waals surface area contributed by atoms with Crippen molar-refractivity contribution in [1.29, 1.82) is 5.26 Å². The predicted molar refractivity (Wildman–Crippen MR) is 46.2 cm³/mol. The molecule has 0 atom stereocenters. The lowest BCUT2D eigenvalue weighted by molar-refractivity contribution is 0.148. The maximum atomic E-state index is 13.0. The number of alkyl halides is 2. The summed E-state index contributed by atoms with van der Waals surface area (Å²) in [7, 11) is 0. The lowest BCUT2D eigenvalue weighted by Gasteiger charge is -2.08. The van der Waals surface area contributed by atoms with Gasteiger partial charge in [0.25, 0.3) is 6.43 Å². The second-order valence-electron chi connectivity index (χ2n) is 2.42. The van der Waals surface area contributed by atoms with Crippen molar-refractivity contribution in [3.05, 3.63) is 27.7 Å². The number of halogens is 4. The summed E-state index contributed by atoms with van der Waals surface area (Å²) in [5, 5.41) is 8.34. The van der Waals surface area contributed by atoms with Crippen molar-refractivity contribution in [1.82, 2.24) is 4.98 Å². The third-order valence-electron chi connectivity index (χ3n) is 1.60. The van der Waals surface area contributed by atoms with Gasteiger partial charge in [-0.25, -0.2) is 13.8 Å². The van der Waals surface area contributed by atoms with Crippen LogP contribution in [0.1, 0.15) is 17.6 Å². The van der Waals surface area contributed by atoms with Crippen molar-refractivity contribution in [3.63, 3.8) is 0 Å². The number of aromatic nitrogens is 1. The number of nitrogens with zero attached hydrogens (tertiary/aromatic N) is 2. The fourth-order valence-corrected chi connectivity index (χ4v) is 1.51. The number of hydrogen-bond acceptors (Lipinski definition) is 2. The SMILES string of the molecule is N#CCc1c(F)ncc(Br)c1C(F)F. The van der Waals surface area contributed by atoms with E-state index in [0.717, 1.165) is 6.20 Å².